The van der Waals surface area contributed by atoms with Crippen LogP contribution in [0.15, 0.2) is 0 Å². The van der Waals surface area contributed by atoms with Crippen LogP contribution in [0.25, 0.3) is 0 Å². The largest absolute Gasteiger partial charge is 0.343 e. The minimum absolute atomic E-state index is 0.0317. The van der Waals surface area contributed by atoms with Crippen molar-refractivity contribution in [2.45, 2.75) is 45.4 Å². The molecule has 0 atom stereocenters. The summed E-state index contributed by atoms with van der Waals surface area (Å²) in [7, 11) is 5.13. The van der Waals surface area contributed by atoms with Crippen molar-refractivity contribution in [2.75, 3.05) is 19.4 Å². The Bertz CT molecular complexity index is 557. The van der Waals surface area contributed by atoms with Gasteiger partial charge in [-0.05, 0) is 19.3 Å². The van der Waals surface area contributed by atoms with Gasteiger partial charge in [0.05, 0.1) is 11.4 Å². The number of carbonyl (C=O) groups excluding carboxylic acids is 2. The highest BCUT2D eigenvalue weighted by Gasteiger charge is 2.23. The van der Waals surface area contributed by atoms with E-state index in [4.69, 9.17) is 0 Å². The molecule has 2 amide bonds. The molecule has 6 nitrogen and oxygen atoms in total. The van der Waals surface area contributed by atoms with E-state index < -0.39 is 0 Å². The van der Waals surface area contributed by atoms with Gasteiger partial charge in [-0.3, -0.25) is 14.3 Å². The zero-order valence-electron chi connectivity index (χ0n) is 14.0. The zero-order chi connectivity index (χ0) is 16.3. The lowest BCUT2D eigenvalue weighted by atomic mass is 10.0. The highest BCUT2D eigenvalue weighted by molar-refractivity contribution is 6.02. The number of rotatable bonds is 5. The summed E-state index contributed by atoms with van der Waals surface area (Å²) in [6, 6.07) is 0. The Labute approximate surface area is 131 Å². The van der Waals surface area contributed by atoms with E-state index in [0.29, 0.717) is 23.7 Å². The van der Waals surface area contributed by atoms with Crippen LogP contribution in [0.1, 0.15) is 54.7 Å². The molecule has 0 aliphatic heterocycles. The Balaban J connectivity index is 2.04. The fourth-order valence-electron chi connectivity index (χ4n) is 2.96. The SMILES string of the molecule is Cc1c(NC(=O)CCC2CCCC2)c(C(=O)N(C)C)nn1C. The Kier molecular flexibility index (Phi) is 5.21. The van der Waals surface area contributed by atoms with Gasteiger partial charge < -0.3 is 10.2 Å². The molecular formula is C16H26N4O2. The Morgan fingerprint density at radius 2 is 1.95 bits per heavy atom. The third-order valence-corrected chi connectivity index (χ3v) is 4.46. The van der Waals surface area contributed by atoms with Crippen LogP contribution in [0.2, 0.25) is 0 Å². The molecule has 2 rings (SSSR count). The molecule has 22 heavy (non-hydrogen) atoms. The number of aryl methyl sites for hydroxylation is 1. The van der Waals surface area contributed by atoms with Crippen LogP contribution in [0.3, 0.4) is 0 Å². The first-order valence-electron chi connectivity index (χ1n) is 7.95. The number of anilines is 1. The molecule has 1 saturated carbocycles. The maximum atomic E-state index is 12.2. The molecule has 0 spiro atoms. The number of hydrogen-bond donors (Lipinski definition) is 1. The molecule has 122 valence electrons. The van der Waals surface area contributed by atoms with Crippen molar-refractivity contribution in [3.05, 3.63) is 11.4 Å². The van der Waals surface area contributed by atoms with E-state index in [1.165, 1.54) is 30.6 Å². The van der Waals surface area contributed by atoms with E-state index in [2.05, 4.69) is 10.4 Å². The fraction of sp³-hybridized carbons (Fsp3) is 0.688. The van der Waals surface area contributed by atoms with Gasteiger partial charge in [0, 0.05) is 27.6 Å². The minimum Gasteiger partial charge on any atom is -0.343 e. The smallest absolute Gasteiger partial charge is 0.276 e. The van der Waals surface area contributed by atoms with Crippen LogP contribution in [-0.4, -0.2) is 40.6 Å². The number of carbonyl (C=O) groups is 2. The summed E-state index contributed by atoms with van der Waals surface area (Å²) in [5.41, 5.74) is 1.64. The maximum Gasteiger partial charge on any atom is 0.276 e. The third kappa shape index (κ3) is 3.67. The predicted octanol–water partition coefficient (Wildman–Crippen LogP) is 2.34. The highest BCUT2D eigenvalue weighted by Crippen LogP contribution is 2.29. The Hall–Kier alpha value is -1.85. The molecule has 0 radical (unpaired) electrons. The Morgan fingerprint density at radius 3 is 2.55 bits per heavy atom. The van der Waals surface area contributed by atoms with Gasteiger partial charge in [-0.1, -0.05) is 25.7 Å². The molecule has 1 aromatic rings. The summed E-state index contributed by atoms with van der Waals surface area (Å²) in [6.07, 6.45) is 6.49. The van der Waals surface area contributed by atoms with Crippen molar-refractivity contribution >= 4 is 17.5 Å². The van der Waals surface area contributed by atoms with Crippen LogP contribution in [0, 0.1) is 12.8 Å². The van der Waals surface area contributed by atoms with Crippen LogP contribution in [0.5, 0.6) is 0 Å². The van der Waals surface area contributed by atoms with Crippen LogP contribution < -0.4 is 5.32 Å². The summed E-state index contributed by atoms with van der Waals surface area (Å²) in [5.74, 6) is 0.453. The molecule has 1 fully saturated rings. The van der Waals surface area contributed by atoms with Crippen LogP contribution >= 0.6 is 0 Å². The van der Waals surface area contributed by atoms with Gasteiger partial charge in [0.1, 0.15) is 0 Å². The van der Waals surface area contributed by atoms with E-state index in [0.717, 1.165) is 12.1 Å². The Morgan fingerprint density at radius 1 is 1.32 bits per heavy atom. The lowest BCUT2D eigenvalue weighted by Crippen LogP contribution is -2.24. The summed E-state index contributed by atoms with van der Waals surface area (Å²) in [6.45, 7) is 1.85. The number of nitrogens with zero attached hydrogens (tertiary/aromatic N) is 3. The molecular weight excluding hydrogens is 280 g/mol. The molecule has 1 aliphatic carbocycles. The quantitative estimate of drug-likeness (QED) is 0.908. The second-order valence-corrected chi connectivity index (χ2v) is 6.37. The van der Waals surface area contributed by atoms with Gasteiger partial charge in [0.15, 0.2) is 5.69 Å². The van der Waals surface area contributed by atoms with Gasteiger partial charge in [-0.2, -0.15) is 5.10 Å². The molecule has 0 bridgehead atoms. The van der Waals surface area contributed by atoms with E-state index >= 15 is 0 Å². The zero-order valence-corrected chi connectivity index (χ0v) is 14.0. The first-order valence-corrected chi connectivity index (χ1v) is 7.95. The second kappa shape index (κ2) is 6.94. The van der Waals surface area contributed by atoms with Crippen molar-refractivity contribution in [1.82, 2.24) is 14.7 Å². The van der Waals surface area contributed by atoms with Gasteiger partial charge in [0.2, 0.25) is 5.91 Å². The number of amides is 2. The lowest BCUT2D eigenvalue weighted by molar-refractivity contribution is -0.116. The first kappa shape index (κ1) is 16.5. The second-order valence-electron chi connectivity index (χ2n) is 6.37. The molecule has 0 unspecified atom stereocenters. The predicted molar refractivity (Wildman–Crippen MR) is 85.8 cm³/mol. The number of hydrogen-bond acceptors (Lipinski definition) is 3. The average Bonchev–Trinajstić information content (AvgIpc) is 3.08. The van der Waals surface area contributed by atoms with E-state index in [1.54, 1.807) is 25.8 Å². The normalized spacial score (nSPS) is 15.1. The fourth-order valence-corrected chi connectivity index (χ4v) is 2.96. The molecule has 6 heteroatoms. The van der Waals surface area contributed by atoms with E-state index in [1.807, 2.05) is 6.92 Å². The molecule has 1 heterocycles. The molecule has 0 aromatic carbocycles. The topological polar surface area (TPSA) is 67.2 Å². The van der Waals surface area contributed by atoms with E-state index in [-0.39, 0.29) is 11.8 Å². The molecule has 1 N–H and O–H groups in total. The standard InChI is InChI=1S/C16H26N4O2/c1-11-14(15(18-20(11)4)16(22)19(2)3)17-13(21)10-9-12-7-5-6-8-12/h12H,5-10H2,1-4H3,(H,17,21). The third-order valence-electron chi connectivity index (χ3n) is 4.46. The molecule has 0 saturated heterocycles. The lowest BCUT2D eigenvalue weighted by Gasteiger charge is -2.12. The summed E-state index contributed by atoms with van der Waals surface area (Å²) < 4.78 is 1.63. The molecule has 1 aliphatic rings. The van der Waals surface area contributed by atoms with Gasteiger partial charge in [-0.25, -0.2) is 0 Å². The van der Waals surface area contributed by atoms with Gasteiger partial charge in [-0.15, -0.1) is 0 Å². The minimum atomic E-state index is -0.199. The van der Waals surface area contributed by atoms with Crippen molar-refractivity contribution in [1.29, 1.82) is 0 Å². The first-order chi connectivity index (χ1) is 10.4. The highest BCUT2D eigenvalue weighted by atomic mass is 16.2. The summed E-state index contributed by atoms with van der Waals surface area (Å²) in [4.78, 5) is 25.8. The number of aromatic nitrogens is 2. The molecule has 1 aromatic heterocycles. The van der Waals surface area contributed by atoms with Crippen molar-refractivity contribution in [2.24, 2.45) is 13.0 Å². The monoisotopic (exact) mass is 306 g/mol. The summed E-state index contributed by atoms with van der Waals surface area (Å²) in [5, 5.41) is 7.12. The van der Waals surface area contributed by atoms with Gasteiger partial charge in [0.25, 0.3) is 5.91 Å². The van der Waals surface area contributed by atoms with Crippen LogP contribution in [0.4, 0.5) is 5.69 Å². The van der Waals surface area contributed by atoms with Crippen molar-refractivity contribution in [3.8, 4) is 0 Å². The average molecular weight is 306 g/mol. The number of nitrogens with one attached hydrogen (secondary N) is 1. The van der Waals surface area contributed by atoms with E-state index in [9.17, 15) is 9.59 Å². The van der Waals surface area contributed by atoms with Gasteiger partial charge >= 0.3 is 0 Å². The maximum absolute atomic E-state index is 12.2. The van der Waals surface area contributed by atoms with Crippen molar-refractivity contribution in [3.63, 3.8) is 0 Å². The van der Waals surface area contributed by atoms with Crippen LogP contribution in [-0.2, 0) is 11.8 Å². The summed E-state index contributed by atoms with van der Waals surface area (Å²) >= 11 is 0. The van der Waals surface area contributed by atoms with Crippen molar-refractivity contribution < 1.29 is 9.59 Å².